The molecule has 5 heteroatoms. The highest BCUT2D eigenvalue weighted by molar-refractivity contribution is 5.93. The normalized spacial score (nSPS) is 19.8. The van der Waals surface area contributed by atoms with Gasteiger partial charge in [-0.15, -0.1) is 0 Å². The smallest absolute Gasteiger partial charge is 0.254 e. The maximum absolute atomic E-state index is 12.0. The summed E-state index contributed by atoms with van der Waals surface area (Å²) in [5, 5.41) is 2.82. The second-order valence-electron chi connectivity index (χ2n) is 6.36. The number of ether oxygens (including phenoxy) is 1. The van der Waals surface area contributed by atoms with E-state index in [-0.39, 0.29) is 5.91 Å². The zero-order chi connectivity index (χ0) is 15.4. The lowest BCUT2D eigenvalue weighted by atomic mass is 10.1. The Kier molecular flexibility index (Phi) is 4.93. The first-order chi connectivity index (χ1) is 10.7. The molecule has 0 aromatic carbocycles. The van der Waals surface area contributed by atoms with Gasteiger partial charge >= 0.3 is 0 Å². The first-order valence-corrected chi connectivity index (χ1v) is 8.36. The molecule has 2 heterocycles. The standard InChI is InChI=1S/C17H25N3O2/c1-13(22-12-14-5-6-14)17(21)19-16-8-7-15(11-18-16)20-9-3-2-4-10-20/h7-8,11,13-14H,2-6,9-10,12H2,1H3,(H,18,19,21). The summed E-state index contributed by atoms with van der Waals surface area (Å²) in [5.74, 6) is 1.13. The number of nitrogens with zero attached hydrogens (tertiary/aromatic N) is 2. The first-order valence-electron chi connectivity index (χ1n) is 8.36. The topological polar surface area (TPSA) is 54.5 Å². The Hall–Kier alpha value is -1.62. The lowest BCUT2D eigenvalue weighted by molar-refractivity contribution is -0.126. The summed E-state index contributed by atoms with van der Waals surface area (Å²) in [4.78, 5) is 18.8. The van der Waals surface area contributed by atoms with Gasteiger partial charge in [-0.3, -0.25) is 4.79 Å². The van der Waals surface area contributed by atoms with E-state index in [1.807, 2.05) is 18.3 Å². The van der Waals surface area contributed by atoms with Crippen molar-refractivity contribution in [2.75, 3.05) is 29.9 Å². The van der Waals surface area contributed by atoms with E-state index in [1.165, 1.54) is 32.1 Å². The van der Waals surface area contributed by atoms with E-state index in [0.29, 0.717) is 18.3 Å². The number of aromatic nitrogens is 1. The highest BCUT2D eigenvalue weighted by Gasteiger charge is 2.24. The van der Waals surface area contributed by atoms with Gasteiger partial charge in [0.05, 0.1) is 18.5 Å². The lowest BCUT2D eigenvalue weighted by Crippen LogP contribution is -2.30. The molecule has 1 saturated heterocycles. The van der Waals surface area contributed by atoms with Gasteiger partial charge in [-0.05, 0) is 57.1 Å². The number of anilines is 2. The van der Waals surface area contributed by atoms with Crippen LogP contribution in [0.2, 0.25) is 0 Å². The molecule has 1 atom stereocenters. The van der Waals surface area contributed by atoms with Gasteiger partial charge < -0.3 is 15.0 Å². The van der Waals surface area contributed by atoms with Crippen LogP contribution >= 0.6 is 0 Å². The van der Waals surface area contributed by atoms with Gasteiger partial charge in [-0.25, -0.2) is 4.98 Å². The first kappa shape index (κ1) is 15.3. The Morgan fingerprint density at radius 3 is 2.77 bits per heavy atom. The summed E-state index contributed by atoms with van der Waals surface area (Å²) >= 11 is 0. The van der Waals surface area contributed by atoms with Crippen molar-refractivity contribution in [1.82, 2.24) is 4.98 Å². The Balaban J connectivity index is 1.49. The molecule has 1 aromatic heterocycles. The van der Waals surface area contributed by atoms with Crippen LogP contribution in [0.25, 0.3) is 0 Å². The molecule has 5 nitrogen and oxygen atoms in total. The fourth-order valence-electron chi connectivity index (χ4n) is 2.67. The van der Waals surface area contributed by atoms with Crippen LogP contribution in [0.3, 0.4) is 0 Å². The number of hydrogen-bond donors (Lipinski definition) is 1. The molecule has 2 aliphatic rings. The number of amides is 1. The molecule has 3 rings (SSSR count). The van der Waals surface area contributed by atoms with Crippen molar-refractivity contribution in [3.8, 4) is 0 Å². The van der Waals surface area contributed by atoms with E-state index in [4.69, 9.17) is 4.74 Å². The molecule has 1 aliphatic heterocycles. The monoisotopic (exact) mass is 303 g/mol. The van der Waals surface area contributed by atoms with Gasteiger partial charge in [0.2, 0.25) is 0 Å². The highest BCUT2D eigenvalue weighted by atomic mass is 16.5. The SMILES string of the molecule is CC(OCC1CC1)C(=O)Nc1ccc(N2CCCCC2)cn1. The molecule has 1 saturated carbocycles. The number of rotatable bonds is 6. The van der Waals surface area contributed by atoms with E-state index in [9.17, 15) is 4.79 Å². The van der Waals surface area contributed by atoms with E-state index >= 15 is 0 Å². The van der Waals surface area contributed by atoms with Crippen molar-refractivity contribution < 1.29 is 9.53 Å². The van der Waals surface area contributed by atoms with Gasteiger partial charge in [-0.2, -0.15) is 0 Å². The number of pyridine rings is 1. The van der Waals surface area contributed by atoms with Crippen LogP contribution in [0.1, 0.15) is 39.0 Å². The average molecular weight is 303 g/mol. The third kappa shape index (κ3) is 4.19. The largest absolute Gasteiger partial charge is 0.370 e. The summed E-state index contributed by atoms with van der Waals surface area (Å²) in [6.45, 7) is 4.68. The number of piperidine rings is 1. The highest BCUT2D eigenvalue weighted by Crippen LogP contribution is 2.29. The minimum absolute atomic E-state index is 0.126. The summed E-state index contributed by atoms with van der Waals surface area (Å²) in [6, 6.07) is 3.90. The van der Waals surface area contributed by atoms with Crippen molar-refractivity contribution in [2.24, 2.45) is 5.92 Å². The van der Waals surface area contributed by atoms with Crippen molar-refractivity contribution in [3.05, 3.63) is 18.3 Å². The number of carbonyl (C=O) groups is 1. The molecular formula is C17H25N3O2. The van der Waals surface area contributed by atoms with Crippen LogP contribution in [-0.2, 0) is 9.53 Å². The van der Waals surface area contributed by atoms with Gasteiger partial charge in [-0.1, -0.05) is 0 Å². The lowest BCUT2D eigenvalue weighted by Gasteiger charge is -2.28. The maximum atomic E-state index is 12.0. The second kappa shape index (κ2) is 7.09. The molecule has 0 spiro atoms. The van der Waals surface area contributed by atoms with Gasteiger partial charge in [0.25, 0.3) is 5.91 Å². The third-order valence-electron chi connectivity index (χ3n) is 4.37. The zero-order valence-corrected chi connectivity index (χ0v) is 13.3. The molecule has 1 unspecified atom stereocenters. The van der Waals surface area contributed by atoms with Crippen LogP contribution in [0.15, 0.2) is 18.3 Å². The van der Waals surface area contributed by atoms with E-state index in [1.54, 1.807) is 6.92 Å². The minimum Gasteiger partial charge on any atom is -0.370 e. The summed E-state index contributed by atoms with van der Waals surface area (Å²) in [5.41, 5.74) is 1.13. The fourth-order valence-corrected chi connectivity index (χ4v) is 2.67. The second-order valence-corrected chi connectivity index (χ2v) is 6.36. The minimum atomic E-state index is -0.427. The van der Waals surface area contributed by atoms with Crippen molar-refractivity contribution >= 4 is 17.4 Å². The van der Waals surface area contributed by atoms with Gasteiger partial charge in [0.15, 0.2) is 0 Å². The van der Waals surface area contributed by atoms with Crippen LogP contribution in [0, 0.1) is 5.92 Å². The average Bonchev–Trinajstić information content (AvgIpc) is 3.38. The number of hydrogen-bond acceptors (Lipinski definition) is 4. The summed E-state index contributed by atoms with van der Waals surface area (Å²) in [7, 11) is 0. The van der Waals surface area contributed by atoms with Crippen LogP contribution in [0.5, 0.6) is 0 Å². The predicted octanol–water partition coefficient (Wildman–Crippen LogP) is 2.83. The molecule has 1 aliphatic carbocycles. The van der Waals surface area contributed by atoms with E-state index in [0.717, 1.165) is 18.8 Å². The van der Waals surface area contributed by atoms with Gasteiger partial charge in [0.1, 0.15) is 11.9 Å². The van der Waals surface area contributed by atoms with Crippen molar-refractivity contribution in [1.29, 1.82) is 0 Å². The molecular weight excluding hydrogens is 278 g/mol. The van der Waals surface area contributed by atoms with Crippen molar-refractivity contribution in [2.45, 2.75) is 45.1 Å². The fraction of sp³-hybridized carbons (Fsp3) is 0.647. The predicted molar refractivity (Wildman–Crippen MR) is 87.1 cm³/mol. The van der Waals surface area contributed by atoms with Gasteiger partial charge in [0, 0.05) is 13.1 Å². The Morgan fingerprint density at radius 2 is 2.14 bits per heavy atom. The van der Waals surface area contributed by atoms with E-state index < -0.39 is 6.10 Å². The number of carbonyl (C=O) groups excluding carboxylic acids is 1. The number of nitrogens with one attached hydrogen (secondary N) is 1. The van der Waals surface area contributed by atoms with Crippen LogP contribution < -0.4 is 10.2 Å². The molecule has 2 fully saturated rings. The molecule has 22 heavy (non-hydrogen) atoms. The molecule has 0 bridgehead atoms. The third-order valence-corrected chi connectivity index (χ3v) is 4.37. The summed E-state index contributed by atoms with van der Waals surface area (Å²) in [6.07, 6.45) is 7.68. The molecule has 1 aromatic rings. The summed E-state index contributed by atoms with van der Waals surface area (Å²) < 4.78 is 5.57. The zero-order valence-electron chi connectivity index (χ0n) is 13.3. The molecule has 0 radical (unpaired) electrons. The Labute approximate surface area is 132 Å². The van der Waals surface area contributed by atoms with E-state index in [2.05, 4.69) is 15.2 Å². The Morgan fingerprint density at radius 1 is 1.36 bits per heavy atom. The molecule has 1 amide bonds. The molecule has 1 N–H and O–H groups in total. The van der Waals surface area contributed by atoms with Crippen LogP contribution in [-0.4, -0.2) is 36.7 Å². The Bertz CT molecular complexity index is 493. The molecule has 120 valence electrons. The van der Waals surface area contributed by atoms with Crippen LogP contribution in [0.4, 0.5) is 11.5 Å². The quantitative estimate of drug-likeness (QED) is 0.878. The maximum Gasteiger partial charge on any atom is 0.254 e. The van der Waals surface area contributed by atoms with Crippen molar-refractivity contribution in [3.63, 3.8) is 0 Å².